The summed E-state index contributed by atoms with van der Waals surface area (Å²) in [6.07, 6.45) is 9.84. The summed E-state index contributed by atoms with van der Waals surface area (Å²) in [6, 6.07) is 1.23. The zero-order valence-corrected chi connectivity index (χ0v) is 13.1. The largest absolute Gasteiger partial charge is 0.481 e. The minimum atomic E-state index is -1.34. The average Bonchev–Trinajstić information content (AvgIpc) is 2.18. The summed E-state index contributed by atoms with van der Waals surface area (Å²) in [6.45, 7) is 4.41. The highest BCUT2D eigenvalue weighted by molar-refractivity contribution is 7.19. The van der Waals surface area contributed by atoms with Crippen LogP contribution in [-0.4, -0.2) is 18.5 Å². The number of rotatable bonds is 11. The Labute approximate surface area is 111 Å². The van der Waals surface area contributed by atoms with Gasteiger partial charge < -0.3 is 5.11 Å². The lowest BCUT2D eigenvalue weighted by atomic mass is 10.1. The number of carboxylic acid groups (broad SMARTS) is 1. The van der Waals surface area contributed by atoms with Crippen molar-refractivity contribution in [1.82, 2.24) is 0 Å². The first-order valence-corrected chi connectivity index (χ1v) is 11.0. The van der Waals surface area contributed by atoms with Gasteiger partial charge in [-0.25, -0.2) is 0 Å². The molecule has 0 fully saturated rings. The summed E-state index contributed by atoms with van der Waals surface area (Å²) in [5.74, 6) is -0.669. The molecule has 0 aromatic rings. The van der Waals surface area contributed by atoms with E-state index in [0.29, 0.717) is 6.42 Å². The molecule has 4 heteroatoms. The number of aliphatic carboxylic acids is 1. The van der Waals surface area contributed by atoms with Crippen LogP contribution in [0.1, 0.15) is 57.8 Å². The molecule has 0 aromatic heterocycles. The van der Waals surface area contributed by atoms with E-state index in [9.17, 15) is 4.79 Å². The zero-order chi connectivity index (χ0) is 13.1. The summed E-state index contributed by atoms with van der Waals surface area (Å²) in [7, 11) is -1.34. The van der Waals surface area contributed by atoms with Gasteiger partial charge in [-0.05, 0) is 12.5 Å². The number of hydrogen-bond acceptors (Lipinski definition) is 1. The normalized spacial score (nSPS) is 11.7. The Balaban J connectivity index is 3.06. The third-order valence-corrected chi connectivity index (χ3v) is 5.02. The van der Waals surface area contributed by atoms with Gasteiger partial charge in [0.2, 0.25) is 0 Å². The van der Waals surface area contributed by atoms with Crippen molar-refractivity contribution in [3.05, 3.63) is 0 Å². The molecule has 0 radical (unpaired) electrons. The van der Waals surface area contributed by atoms with Crippen molar-refractivity contribution in [3.63, 3.8) is 0 Å². The lowest BCUT2D eigenvalue weighted by molar-refractivity contribution is -0.137. The molecule has 0 unspecified atom stereocenters. The van der Waals surface area contributed by atoms with E-state index in [4.69, 9.17) is 16.2 Å². The van der Waals surface area contributed by atoms with Gasteiger partial charge in [-0.1, -0.05) is 58.0 Å². The van der Waals surface area contributed by atoms with E-state index in [2.05, 4.69) is 13.1 Å². The van der Waals surface area contributed by atoms with E-state index in [1.807, 2.05) is 0 Å². The topological polar surface area (TPSA) is 37.3 Å². The SMILES string of the molecule is C[Si](C)(Cl)CCCCCCCCCCC(=O)O. The fraction of sp³-hybridized carbons (Fsp3) is 0.923. The standard InChI is InChI=1S/C13H27ClO2Si/c1-17(2,14)12-10-8-6-4-3-5-7-9-11-13(15)16/h3-12H2,1-2H3,(H,15,16). The maximum absolute atomic E-state index is 10.3. The minimum absolute atomic E-state index is 0.329. The molecule has 0 rings (SSSR count). The summed E-state index contributed by atoms with van der Waals surface area (Å²) in [5, 5.41) is 8.47. The van der Waals surface area contributed by atoms with Crippen molar-refractivity contribution in [2.75, 3.05) is 0 Å². The molecule has 0 saturated heterocycles. The van der Waals surface area contributed by atoms with E-state index in [0.717, 1.165) is 12.8 Å². The fourth-order valence-electron chi connectivity index (χ4n) is 1.88. The molecule has 0 atom stereocenters. The van der Waals surface area contributed by atoms with E-state index in [1.54, 1.807) is 0 Å². The van der Waals surface area contributed by atoms with E-state index >= 15 is 0 Å². The van der Waals surface area contributed by atoms with Gasteiger partial charge in [-0.2, -0.15) is 11.1 Å². The molecular weight excluding hydrogens is 252 g/mol. The molecule has 2 nitrogen and oxygen atoms in total. The van der Waals surface area contributed by atoms with Gasteiger partial charge in [0.25, 0.3) is 0 Å². The Morgan fingerprint density at radius 3 is 1.76 bits per heavy atom. The predicted molar refractivity (Wildman–Crippen MR) is 77.3 cm³/mol. The molecular formula is C13H27ClO2Si. The summed E-state index contributed by atoms with van der Waals surface area (Å²) in [4.78, 5) is 10.3. The van der Waals surface area contributed by atoms with E-state index in [-0.39, 0.29) is 0 Å². The van der Waals surface area contributed by atoms with Crippen LogP contribution in [0, 0.1) is 0 Å². The van der Waals surface area contributed by atoms with Gasteiger partial charge in [-0.15, -0.1) is 0 Å². The molecule has 0 aliphatic carbocycles. The van der Waals surface area contributed by atoms with Crippen LogP contribution in [0.25, 0.3) is 0 Å². The monoisotopic (exact) mass is 278 g/mol. The Morgan fingerprint density at radius 1 is 0.941 bits per heavy atom. The first kappa shape index (κ1) is 17.0. The van der Waals surface area contributed by atoms with Crippen molar-refractivity contribution in [1.29, 1.82) is 0 Å². The highest BCUT2D eigenvalue weighted by Crippen LogP contribution is 2.19. The summed E-state index contributed by atoms with van der Waals surface area (Å²) < 4.78 is 0. The van der Waals surface area contributed by atoms with Gasteiger partial charge in [0.1, 0.15) is 7.38 Å². The number of unbranched alkanes of at least 4 members (excludes halogenated alkanes) is 7. The first-order chi connectivity index (χ1) is 7.92. The van der Waals surface area contributed by atoms with Crippen LogP contribution in [0.4, 0.5) is 0 Å². The van der Waals surface area contributed by atoms with Crippen molar-refractivity contribution in [2.45, 2.75) is 76.9 Å². The maximum Gasteiger partial charge on any atom is 0.303 e. The first-order valence-electron chi connectivity index (χ1n) is 6.82. The fourth-order valence-corrected chi connectivity index (χ4v) is 3.37. The van der Waals surface area contributed by atoms with Crippen molar-refractivity contribution >= 4 is 24.4 Å². The molecule has 0 saturated carbocycles. The lowest BCUT2D eigenvalue weighted by Crippen LogP contribution is -2.14. The van der Waals surface area contributed by atoms with E-state index in [1.165, 1.54) is 44.6 Å². The number of hydrogen-bond donors (Lipinski definition) is 1. The molecule has 0 heterocycles. The van der Waals surface area contributed by atoms with Gasteiger partial charge in [0.15, 0.2) is 0 Å². The molecule has 0 aliphatic heterocycles. The van der Waals surface area contributed by atoms with Crippen LogP contribution in [0.5, 0.6) is 0 Å². The number of carbonyl (C=O) groups is 1. The summed E-state index contributed by atoms with van der Waals surface area (Å²) >= 11 is 6.25. The Kier molecular flexibility index (Phi) is 9.94. The minimum Gasteiger partial charge on any atom is -0.481 e. The van der Waals surface area contributed by atoms with Gasteiger partial charge >= 0.3 is 5.97 Å². The molecule has 0 bridgehead atoms. The lowest BCUT2D eigenvalue weighted by Gasteiger charge is -2.11. The third kappa shape index (κ3) is 16.0. The second-order valence-corrected chi connectivity index (χ2v) is 12.4. The molecule has 17 heavy (non-hydrogen) atoms. The zero-order valence-electron chi connectivity index (χ0n) is 11.3. The van der Waals surface area contributed by atoms with Gasteiger partial charge in [-0.3, -0.25) is 4.79 Å². The van der Waals surface area contributed by atoms with Crippen LogP contribution in [0.2, 0.25) is 19.1 Å². The predicted octanol–water partition coefficient (Wildman–Crippen LogP) is 5.03. The van der Waals surface area contributed by atoms with E-state index < -0.39 is 13.4 Å². The molecule has 0 spiro atoms. The average molecular weight is 279 g/mol. The molecule has 0 amide bonds. The van der Waals surface area contributed by atoms with Gasteiger partial charge in [0.05, 0.1) is 0 Å². The summed E-state index contributed by atoms with van der Waals surface area (Å²) in [5.41, 5.74) is 0. The number of carboxylic acids is 1. The van der Waals surface area contributed by atoms with Crippen LogP contribution in [0.3, 0.4) is 0 Å². The van der Waals surface area contributed by atoms with Gasteiger partial charge in [0, 0.05) is 6.42 Å². The van der Waals surface area contributed by atoms with Crippen molar-refractivity contribution < 1.29 is 9.90 Å². The Morgan fingerprint density at radius 2 is 1.35 bits per heavy atom. The molecule has 0 aromatic carbocycles. The van der Waals surface area contributed by atoms with Crippen LogP contribution in [0.15, 0.2) is 0 Å². The van der Waals surface area contributed by atoms with Crippen molar-refractivity contribution in [3.8, 4) is 0 Å². The van der Waals surface area contributed by atoms with Crippen LogP contribution < -0.4 is 0 Å². The van der Waals surface area contributed by atoms with Crippen LogP contribution >= 0.6 is 11.1 Å². The van der Waals surface area contributed by atoms with Crippen molar-refractivity contribution in [2.24, 2.45) is 0 Å². The molecule has 1 N–H and O–H groups in total. The number of halogens is 1. The Bertz CT molecular complexity index is 202. The second-order valence-electron chi connectivity index (χ2n) is 5.44. The Hall–Kier alpha value is -0.0231. The van der Waals surface area contributed by atoms with Crippen LogP contribution in [-0.2, 0) is 4.79 Å². The quantitative estimate of drug-likeness (QED) is 0.327. The second kappa shape index (κ2) is 9.95. The smallest absolute Gasteiger partial charge is 0.303 e. The molecule has 0 aliphatic rings. The highest BCUT2D eigenvalue weighted by Gasteiger charge is 2.15. The third-order valence-electron chi connectivity index (χ3n) is 2.91. The maximum atomic E-state index is 10.3. The molecule has 102 valence electrons. The highest BCUT2D eigenvalue weighted by atomic mass is 35.6.